The molecule has 2 rings (SSSR count). The summed E-state index contributed by atoms with van der Waals surface area (Å²) in [7, 11) is -2.93. The van der Waals surface area contributed by atoms with E-state index >= 15 is 0 Å². The maximum atomic E-state index is 11.7. The summed E-state index contributed by atoms with van der Waals surface area (Å²) >= 11 is 0. The van der Waals surface area contributed by atoms with Gasteiger partial charge in [0.05, 0.1) is 29.5 Å². The van der Waals surface area contributed by atoms with Gasteiger partial charge in [-0.25, -0.2) is 8.42 Å². The van der Waals surface area contributed by atoms with Gasteiger partial charge < -0.3 is 10.1 Å². The molecule has 0 spiro atoms. The molecule has 0 saturated carbocycles. The van der Waals surface area contributed by atoms with Gasteiger partial charge in [-0.05, 0) is 26.7 Å². The van der Waals surface area contributed by atoms with Gasteiger partial charge in [0.15, 0.2) is 9.84 Å². The second kappa shape index (κ2) is 5.73. The fourth-order valence-corrected chi connectivity index (χ4v) is 3.80. The maximum Gasteiger partial charge on any atom is 0.234 e. The average Bonchev–Trinajstić information content (AvgIpc) is 2.65. The first kappa shape index (κ1) is 14.0. The van der Waals surface area contributed by atoms with Crippen LogP contribution < -0.4 is 10.1 Å². The lowest BCUT2D eigenvalue weighted by Crippen LogP contribution is -2.25. The molecule has 1 N–H and O–H groups in total. The van der Waals surface area contributed by atoms with Crippen molar-refractivity contribution in [1.29, 1.82) is 0 Å². The summed E-state index contributed by atoms with van der Waals surface area (Å²) in [5.41, 5.74) is 0. The number of aromatic nitrogens is 2. The van der Waals surface area contributed by atoms with Crippen LogP contribution in [0.4, 0.5) is 5.82 Å². The smallest absolute Gasteiger partial charge is 0.234 e. The first-order valence-corrected chi connectivity index (χ1v) is 8.13. The van der Waals surface area contributed by atoms with Crippen LogP contribution in [0.3, 0.4) is 0 Å². The van der Waals surface area contributed by atoms with Gasteiger partial charge in [-0.2, -0.15) is 4.98 Å². The quantitative estimate of drug-likeness (QED) is 0.877. The molecule has 19 heavy (non-hydrogen) atoms. The summed E-state index contributed by atoms with van der Waals surface area (Å²) < 4.78 is 28.8. The lowest BCUT2D eigenvalue weighted by Gasteiger charge is -2.12. The van der Waals surface area contributed by atoms with Gasteiger partial charge in [-0.15, -0.1) is 0 Å². The minimum absolute atomic E-state index is 0.0276. The van der Waals surface area contributed by atoms with Crippen LogP contribution in [-0.2, 0) is 9.84 Å². The molecule has 106 valence electrons. The molecule has 0 bridgehead atoms. The van der Waals surface area contributed by atoms with Gasteiger partial charge in [-0.3, -0.25) is 4.98 Å². The number of ether oxygens (including phenoxy) is 1. The van der Waals surface area contributed by atoms with Crippen LogP contribution >= 0.6 is 0 Å². The molecule has 6 nitrogen and oxygen atoms in total. The Morgan fingerprint density at radius 3 is 2.89 bits per heavy atom. The van der Waals surface area contributed by atoms with E-state index in [9.17, 15) is 8.42 Å². The van der Waals surface area contributed by atoms with Crippen LogP contribution in [0.15, 0.2) is 12.4 Å². The Morgan fingerprint density at radius 2 is 2.26 bits per heavy atom. The Hall–Kier alpha value is -1.37. The fraction of sp³-hybridized carbons (Fsp3) is 0.667. The Kier molecular flexibility index (Phi) is 4.24. The van der Waals surface area contributed by atoms with Crippen molar-refractivity contribution in [2.75, 3.05) is 17.6 Å². The SMILES string of the molecule is CC(C)Oc1cncc(NCC2CCCS2(=O)=O)n1. The topological polar surface area (TPSA) is 81.2 Å². The first-order chi connectivity index (χ1) is 8.97. The molecule has 1 fully saturated rings. The molecule has 1 atom stereocenters. The second-order valence-electron chi connectivity index (χ2n) is 4.92. The van der Waals surface area contributed by atoms with Gasteiger partial charge in [0, 0.05) is 6.54 Å². The standard InChI is InChI=1S/C12H19N3O3S/c1-9(2)18-12-8-13-7-11(15-12)14-6-10-4-3-5-19(10,16)17/h7-10H,3-6H2,1-2H3,(H,14,15). The summed E-state index contributed by atoms with van der Waals surface area (Å²) in [6.45, 7) is 4.20. The van der Waals surface area contributed by atoms with E-state index in [1.165, 1.54) is 6.20 Å². The number of anilines is 1. The highest BCUT2D eigenvalue weighted by Gasteiger charge is 2.30. The molecule has 1 saturated heterocycles. The van der Waals surface area contributed by atoms with E-state index in [0.29, 0.717) is 30.4 Å². The van der Waals surface area contributed by atoms with Crippen molar-refractivity contribution in [2.24, 2.45) is 0 Å². The Bertz CT molecular complexity index is 531. The number of hydrogen-bond donors (Lipinski definition) is 1. The average molecular weight is 285 g/mol. The zero-order chi connectivity index (χ0) is 13.9. The number of nitrogens with one attached hydrogen (secondary N) is 1. The van der Waals surface area contributed by atoms with Crippen molar-refractivity contribution >= 4 is 15.7 Å². The number of nitrogens with zero attached hydrogens (tertiary/aromatic N) is 2. The van der Waals surface area contributed by atoms with Crippen LogP contribution in [0.1, 0.15) is 26.7 Å². The Morgan fingerprint density at radius 1 is 1.47 bits per heavy atom. The van der Waals surface area contributed by atoms with Gasteiger partial charge in [-0.1, -0.05) is 0 Å². The van der Waals surface area contributed by atoms with E-state index in [1.54, 1.807) is 6.20 Å². The molecule has 0 aromatic carbocycles. The summed E-state index contributed by atoms with van der Waals surface area (Å²) in [6.07, 6.45) is 4.59. The maximum absolute atomic E-state index is 11.7. The number of hydrogen-bond acceptors (Lipinski definition) is 6. The third-order valence-corrected chi connectivity index (χ3v) is 5.22. The van der Waals surface area contributed by atoms with E-state index in [4.69, 9.17) is 4.74 Å². The van der Waals surface area contributed by atoms with E-state index in [1.807, 2.05) is 13.8 Å². The summed E-state index contributed by atoms with van der Waals surface area (Å²) in [6, 6.07) is 0. The third-order valence-electron chi connectivity index (χ3n) is 2.94. The van der Waals surface area contributed by atoms with Crippen molar-refractivity contribution in [3.63, 3.8) is 0 Å². The molecular formula is C12H19N3O3S. The molecule has 0 amide bonds. The molecule has 1 aromatic rings. The number of sulfone groups is 1. The van der Waals surface area contributed by atoms with Crippen molar-refractivity contribution in [3.8, 4) is 5.88 Å². The third kappa shape index (κ3) is 3.79. The van der Waals surface area contributed by atoms with Crippen LogP contribution in [0.25, 0.3) is 0 Å². The Labute approximate surface area is 113 Å². The van der Waals surface area contributed by atoms with Gasteiger partial charge in [0.25, 0.3) is 0 Å². The molecule has 0 aliphatic carbocycles. The summed E-state index contributed by atoms with van der Waals surface area (Å²) in [5, 5.41) is 2.71. The Balaban J connectivity index is 1.96. The molecule has 1 aliphatic rings. The molecule has 7 heteroatoms. The predicted molar refractivity (Wildman–Crippen MR) is 73.1 cm³/mol. The molecule has 2 heterocycles. The van der Waals surface area contributed by atoms with E-state index in [0.717, 1.165) is 6.42 Å². The molecule has 1 unspecified atom stereocenters. The monoisotopic (exact) mass is 285 g/mol. The normalized spacial score (nSPS) is 21.5. The number of rotatable bonds is 5. The minimum atomic E-state index is -2.93. The highest BCUT2D eigenvalue weighted by Crippen LogP contribution is 2.20. The van der Waals surface area contributed by atoms with Gasteiger partial charge in [0.1, 0.15) is 5.82 Å². The molecular weight excluding hydrogens is 266 g/mol. The van der Waals surface area contributed by atoms with Crippen LogP contribution in [0.5, 0.6) is 5.88 Å². The van der Waals surface area contributed by atoms with Crippen molar-refractivity contribution in [2.45, 2.75) is 38.0 Å². The van der Waals surface area contributed by atoms with E-state index in [-0.39, 0.29) is 11.4 Å². The highest BCUT2D eigenvalue weighted by atomic mass is 32.2. The predicted octanol–water partition coefficient (Wildman–Crippen LogP) is 1.25. The van der Waals surface area contributed by atoms with Crippen LogP contribution in [-0.4, -0.2) is 42.0 Å². The van der Waals surface area contributed by atoms with E-state index < -0.39 is 9.84 Å². The van der Waals surface area contributed by atoms with Crippen molar-refractivity contribution < 1.29 is 13.2 Å². The lowest BCUT2D eigenvalue weighted by atomic mass is 10.2. The molecule has 1 aliphatic heterocycles. The second-order valence-corrected chi connectivity index (χ2v) is 7.32. The van der Waals surface area contributed by atoms with E-state index in [2.05, 4.69) is 15.3 Å². The van der Waals surface area contributed by atoms with Crippen molar-refractivity contribution in [3.05, 3.63) is 12.4 Å². The molecule has 1 aromatic heterocycles. The zero-order valence-corrected chi connectivity index (χ0v) is 12.0. The largest absolute Gasteiger partial charge is 0.474 e. The summed E-state index contributed by atoms with van der Waals surface area (Å²) in [4.78, 5) is 8.25. The van der Waals surface area contributed by atoms with Gasteiger partial charge >= 0.3 is 0 Å². The highest BCUT2D eigenvalue weighted by molar-refractivity contribution is 7.92. The fourth-order valence-electron chi connectivity index (χ4n) is 2.04. The molecule has 0 radical (unpaired) electrons. The lowest BCUT2D eigenvalue weighted by molar-refractivity contribution is 0.232. The van der Waals surface area contributed by atoms with Gasteiger partial charge in [0.2, 0.25) is 5.88 Å². The van der Waals surface area contributed by atoms with Crippen LogP contribution in [0, 0.1) is 0 Å². The summed E-state index contributed by atoms with van der Waals surface area (Å²) in [5.74, 6) is 1.27. The van der Waals surface area contributed by atoms with Crippen molar-refractivity contribution in [1.82, 2.24) is 9.97 Å². The van der Waals surface area contributed by atoms with Crippen LogP contribution in [0.2, 0.25) is 0 Å². The first-order valence-electron chi connectivity index (χ1n) is 6.41. The zero-order valence-electron chi connectivity index (χ0n) is 11.2. The minimum Gasteiger partial charge on any atom is -0.474 e.